The first kappa shape index (κ1) is 8.72. The van der Waals surface area contributed by atoms with Crippen molar-refractivity contribution in [2.24, 2.45) is 0 Å². The van der Waals surface area contributed by atoms with E-state index in [2.05, 4.69) is 6.07 Å². The molecule has 0 N–H and O–H groups in total. The largest absolute Gasteiger partial charge is 0.299 e. The molecule has 1 nitrogen and oxygen atoms in total. The summed E-state index contributed by atoms with van der Waals surface area (Å²) >= 11 is 0. The minimum atomic E-state index is 0.789. The number of aryl methyl sites for hydroxylation is 2. The maximum Gasteiger partial charge on any atom is 0.142 e. The van der Waals surface area contributed by atoms with Crippen molar-refractivity contribution in [2.75, 3.05) is 0 Å². The highest BCUT2D eigenvalue weighted by Gasteiger charge is 1.90. The summed E-state index contributed by atoms with van der Waals surface area (Å²) in [6.07, 6.45) is 4.11. The second kappa shape index (κ2) is 3.86. The lowest BCUT2D eigenvalue weighted by atomic mass is 10.1. The molecule has 1 heteroatoms. The molecule has 0 aliphatic carbocycles. The lowest BCUT2D eigenvalue weighted by Gasteiger charge is -1.98. The minimum Gasteiger partial charge on any atom is -0.299 e. The van der Waals surface area contributed by atoms with E-state index in [0.29, 0.717) is 0 Å². The molecule has 0 saturated carbocycles. The number of aldehydes is 1. The van der Waals surface area contributed by atoms with Crippen molar-refractivity contribution in [3.63, 3.8) is 0 Å². The van der Waals surface area contributed by atoms with Gasteiger partial charge in [0.1, 0.15) is 6.29 Å². The summed E-state index contributed by atoms with van der Waals surface area (Å²) in [5.74, 6) is 0. The van der Waals surface area contributed by atoms with Gasteiger partial charge in [0, 0.05) is 0 Å². The van der Waals surface area contributed by atoms with Crippen molar-refractivity contribution < 1.29 is 4.79 Å². The Morgan fingerprint density at radius 1 is 1.08 bits per heavy atom. The molecule has 0 aromatic heterocycles. The van der Waals surface area contributed by atoms with Crippen LogP contribution in [-0.4, -0.2) is 6.29 Å². The summed E-state index contributed by atoms with van der Waals surface area (Å²) in [5, 5.41) is 0. The standard InChI is InChI=1S/C11H12O/c1-9-6-10(2)8-11(7-9)4-3-5-12/h3-8H,1-2H3/b4-3+. The Morgan fingerprint density at radius 2 is 1.67 bits per heavy atom. The average Bonchev–Trinajstić information content (AvgIpc) is 1.99. The quantitative estimate of drug-likeness (QED) is 0.480. The molecule has 0 bridgehead atoms. The zero-order valence-corrected chi connectivity index (χ0v) is 7.37. The third-order valence-corrected chi connectivity index (χ3v) is 1.61. The maximum absolute atomic E-state index is 10.1. The van der Waals surface area contributed by atoms with Crippen LogP contribution in [0.1, 0.15) is 16.7 Å². The van der Waals surface area contributed by atoms with Crippen LogP contribution in [0.4, 0.5) is 0 Å². The van der Waals surface area contributed by atoms with Gasteiger partial charge < -0.3 is 0 Å². The van der Waals surface area contributed by atoms with E-state index in [1.54, 1.807) is 0 Å². The molecule has 0 aliphatic heterocycles. The van der Waals surface area contributed by atoms with E-state index in [-0.39, 0.29) is 0 Å². The van der Waals surface area contributed by atoms with Crippen LogP contribution in [0, 0.1) is 13.8 Å². The van der Waals surface area contributed by atoms with Gasteiger partial charge in [0.25, 0.3) is 0 Å². The molecule has 0 aliphatic rings. The van der Waals surface area contributed by atoms with Crippen molar-refractivity contribution in [3.8, 4) is 0 Å². The Kier molecular flexibility index (Phi) is 2.81. The smallest absolute Gasteiger partial charge is 0.142 e. The van der Waals surface area contributed by atoms with Crippen molar-refractivity contribution in [1.29, 1.82) is 0 Å². The molecule has 0 saturated heterocycles. The van der Waals surface area contributed by atoms with Gasteiger partial charge in [-0.25, -0.2) is 0 Å². The number of hydrogen-bond donors (Lipinski definition) is 0. The van der Waals surface area contributed by atoms with Crippen molar-refractivity contribution in [2.45, 2.75) is 13.8 Å². The van der Waals surface area contributed by atoms with E-state index in [1.165, 1.54) is 17.2 Å². The van der Waals surface area contributed by atoms with E-state index < -0.39 is 0 Å². The van der Waals surface area contributed by atoms with E-state index in [4.69, 9.17) is 0 Å². The average molecular weight is 160 g/mol. The number of rotatable bonds is 2. The molecule has 0 unspecified atom stereocenters. The highest BCUT2D eigenvalue weighted by atomic mass is 16.1. The Hall–Kier alpha value is -1.37. The predicted octanol–water partition coefficient (Wildman–Crippen LogP) is 2.52. The third kappa shape index (κ3) is 2.35. The van der Waals surface area contributed by atoms with Crippen molar-refractivity contribution in [1.82, 2.24) is 0 Å². The van der Waals surface area contributed by atoms with Crippen LogP contribution >= 0.6 is 0 Å². The monoisotopic (exact) mass is 160 g/mol. The van der Waals surface area contributed by atoms with Crippen LogP contribution in [0.2, 0.25) is 0 Å². The topological polar surface area (TPSA) is 17.1 Å². The van der Waals surface area contributed by atoms with Crippen LogP contribution in [0.3, 0.4) is 0 Å². The van der Waals surface area contributed by atoms with E-state index in [1.807, 2.05) is 32.1 Å². The fourth-order valence-corrected chi connectivity index (χ4v) is 1.26. The minimum absolute atomic E-state index is 0.789. The van der Waals surface area contributed by atoms with Gasteiger partial charge in [-0.15, -0.1) is 0 Å². The summed E-state index contributed by atoms with van der Waals surface area (Å²) in [5.41, 5.74) is 3.53. The van der Waals surface area contributed by atoms with Crippen LogP contribution < -0.4 is 0 Å². The number of carbonyl (C=O) groups is 1. The number of benzene rings is 1. The lowest BCUT2D eigenvalue weighted by Crippen LogP contribution is -1.79. The molecule has 0 amide bonds. The van der Waals surface area contributed by atoms with Gasteiger partial charge in [0.2, 0.25) is 0 Å². The van der Waals surface area contributed by atoms with Gasteiger partial charge in [0.05, 0.1) is 0 Å². The second-order valence-electron chi connectivity index (χ2n) is 2.92. The molecule has 1 rings (SSSR count). The summed E-state index contributed by atoms with van der Waals surface area (Å²) < 4.78 is 0. The van der Waals surface area contributed by atoms with Crippen molar-refractivity contribution in [3.05, 3.63) is 41.0 Å². The van der Waals surface area contributed by atoms with Gasteiger partial charge in [-0.2, -0.15) is 0 Å². The van der Waals surface area contributed by atoms with Crippen LogP contribution in [0.25, 0.3) is 6.08 Å². The number of carbonyl (C=O) groups excluding carboxylic acids is 1. The second-order valence-corrected chi connectivity index (χ2v) is 2.92. The zero-order chi connectivity index (χ0) is 8.97. The Balaban J connectivity index is 3.00. The molecule has 0 heterocycles. The van der Waals surface area contributed by atoms with Gasteiger partial charge in [0.15, 0.2) is 0 Å². The number of allylic oxidation sites excluding steroid dienone is 1. The van der Waals surface area contributed by atoms with E-state index >= 15 is 0 Å². The SMILES string of the molecule is Cc1cc(C)cc(/C=C/C=O)c1. The predicted molar refractivity (Wildman–Crippen MR) is 51.0 cm³/mol. The highest BCUT2D eigenvalue weighted by molar-refractivity contribution is 5.74. The molecule has 12 heavy (non-hydrogen) atoms. The summed E-state index contributed by atoms with van der Waals surface area (Å²) in [4.78, 5) is 10.1. The summed E-state index contributed by atoms with van der Waals surface area (Å²) in [6.45, 7) is 4.09. The Bertz CT molecular complexity index is 291. The summed E-state index contributed by atoms with van der Waals surface area (Å²) in [6, 6.07) is 6.21. The van der Waals surface area contributed by atoms with Crippen LogP contribution in [0.5, 0.6) is 0 Å². The first-order valence-corrected chi connectivity index (χ1v) is 3.92. The maximum atomic E-state index is 10.1. The number of hydrogen-bond acceptors (Lipinski definition) is 1. The van der Waals surface area contributed by atoms with Gasteiger partial charge in [-0.05, 0) is 25.5 Å². The third-order valence-electron chi connectivity index (χ3n) is 1.61. The van der Waals surface area contributed by atoms with E-state index in [9.17, 15) is 4.79 Å². The summed E-state index contributed by atoms with van der Waals surface area (Å²) in [7, 11) is 0. The zero-order valence-electron chi connectivity index (χ0n) is 7.37. The molecule has 62 valence electrons. The fourth-order valence-electron chi connectivity index (χ4n) is 1.26. The first-order valence-electron chi connectivity index (χ1n) is 3.92. The van der Waals surface area contributed by atoms with E-state index in [0.717, 1.165) is 11.8 Å². The van der Waals surface area contributed by atoms with Crippen molar-refractivity contribution >= 4 is 12.4 Å². The van der Waals surface area contributed by atoms with Crippen LogP contribution in [-0.2, 0) is 4.79 Å². The molecule has 0 atom stereocenters. The first-order chi connectivity index (χ1) is 5.72. The normalized spacial score (nSPS) is 10.5. The molecule has 1 aromatic rings. The lowest BCUT2D eigenvalue weighted by molar-refractivity contribution is -0.104. The Labute approximate surface area is 72.7 Å². The fraction of sp³-hybridized carbons (Fsp3) is 0.182. The van der Waals surface area contributed by atoms with Gasteiger partial charge in [-0.1, -0.05) is 35.4 Å². The van der Waals surface area contributed by atoms with Gasteiger partial charge >= 0.3 is 0 Å². The molecule has 1 aromatic carbocycles. The van der Waals surface area contributed by atoms with Crippen LogP contribution in [0.15, 0.2) is 24.3 Å². The highest BCUT2D eigenvalue weighted by Crippen LogP contribution is 2.09. The molecule has 0 spiro atoms. The van der Waals surface area contributed by atoms with Gasteiger partial charge in [-0.3, -0.25) is 4.79 Å². The molecule has 0 fully saturated rings. The molecular formula is C11H12O. The Morgan fingerprint density at radius 3 is 2.17 bits per heavy atom. The molecular weight excluding hydrogens is 148 g/mol. The molecule has 0 radical (unpaired) electrons.